The number of benzene rings is 1. The molecule has 19 heavy (non-hydrogen) atoms. The maximum absolute atomic E-state index is 11.7. The topological polar surface area (TPSA) is 42.2 Å². The molecular formula is C16H17NO2. The van der Waals surface area contributed by atoms with Gasteiger partial charge in [0.25, 0.3) is 0 Å². The van der Waals surface area contributed by atoms with Crippen LogP contribution in [0.3, 0.4) is 0 Å². The fourth-order valence-corrected chi connectivity index (χ4v) is 1.75. The van der Waals surface area contributed by atoms with Gasteiger partial charge in [-0.15, -0.1) is 0 Å². The van der Waals surface area contributed by atoms with Crippen LogP contribution < -0.4 is 5.32 Å². The number of hydrogen-bond acceptors (Lipinski definition) is 2. The third-order valence-electron chi connectivity index (χ3n) is 2.87. The second kappa shape index (κ2) is 6.05. The number of carbonyl (C=O) groups excluding carboxylic acids is 1. The van der Waals surface area contributed by atoms with Crippen LogP contribution in [0.1, 0.15) is 22.6 Å². The second-order valence-corrected chi connectivity index (χ2v) is 4.43. The molecule has 3 nitrogen and oxygen atoms in total. The lowest BCUT2D eigenvalue weighted by atomic mass is 10.1. The zero-order valence-electron chi connectivity index (χ0n) is 11.1. The van der Waals surface area contributed by atoms with Gasteiger partial charge in [-0.2, -0.15) is 0 Å². The van der Waals surface area contributed by atoms with Crippen LogP contribution in [0.5, 0.6) is 0 Å². The summed E-state index contributed by atoms with van der Waals surface area (Å²) in [5.74, 6) is 1.39. The molecule has 0 aliphatic rings. The van der Waals surface area contributed by atoms with Gasteiger partial charge in [-0.3, -0.25) is 4.79 Å². The summed E-state index contributed by atoms with van der Waals surface area (Å²) >= 11 is 0. The van der Waals surface area contributed by atoms with Gasteiger partial charge in [-0.1, -0.05) is 24.3 Å². The van der Waals surface area contributed by atoms with Crippen LogP contribution >= 0.6 is 0 Å². The van der Waals surface area contributed by atoms with Crippen molar-refractivity contribution < 1.29 is 9.21 Å². The van der Waals surface area contributed by atoms with Crippen molar-refractivity contribution in [1.29, 1.82) is 0 Å². The van der Waals surface area contributed by atoms with Gasteiger partial charge in [0, 0.05) is 12.6 Å². The Hall–Kier alpha value is -2.29. The molecule has 1 aromatic carbocycles. The molecular weight excluding hydrogens is 238 g/mol. The molecule has 0 aliphatic carbocycles. The average Bonchev–Trinajstić information content (AvgIpc) is 2.81. The Labute approximate surface area is 112 Å². The third-order valence-corrected chi connectivity index (χ3v) is 2.87. The van der Waals surface area contributed by atoms with Crippen molar-refractivity contribution in [2.45, 2.75) is 20.4 Å². The molecule has 0 atom stereocenters. The van der Waals surface area contributed by atoms with E-state index in [0.717, 1.165) is 11.3 Å². The fraction of sp³-hybridized carbons (Fsp3) is 0.188. The average molecular weight is 255 g/mol. The van der Waals surface area contributed by atoms with Crippen molar-refractivity contribution in [3.8, 4) is 0 Å². The molecule has 0 saturated heterocycles. The molecule has 1 aromatic heterocycles. The van der Waals surface area contributed by atoms with E-state index in [1.807, 2.05) is 50.2 Å². The number of nitrogens with one attached hydrogen (secondary N) is 1. The van der Waals surface area contributed by atoms with E-state index in [0.29, 0.717) is 12.3 Å². The van der Waals surface area contributed by atoms with E-state index in [1.54, 1.807) is 6.08 Å². The van der Waals surface area contributed by atoms with Crippen molar-refractivity contribution >= 4 is 12.0 Å². The highest BCUT2D eigenvalue weighted by Crippen LogP contribution is 2.08. The van der Waals surface area contributed by atoms with Gasteiger partial charge in [0.2, 0.25) is 5.91 Å². The maximum Gasteiger partial charge on any atom is 0.244 e. The number of furan rings is 1. The highest BCUT2D eigenvalue weighted by Gasteiger charge is 2.00. The van der Waals surface area contributed by atoms with E-state index in [1.165, 1.54) is 11.6 Å². The molecule has 3 heteroatoms. The van der Waals surface area contributed by atoms with Crippen LogP contribution in [-0.2, 0) is 11.3 Å². The van der Waals surface area contributed by atoms with Gasteiger partial charge >= 0.3 is 0 Å². The van der Waals surface area contributed by atoms with Gasteiger partial charge in [-0.25, -0.2) is 0 Å². The minimum Gasteiger partial charge on any atom is -0.462 e. The van der Waals surface area contributed by atoms with Gasteiger partial charge in [0.15, 0.2) is 0 Å². The molecule has 98 valence electrons. The molecule has 2 rings (SSSR count). The second-order valence-electron chi connectivity index (χ2n) is 4.43. The Balaban J connectivity index is 1.88. The monoisotopic (exact) mass is 255 g/mol. The minimum atomic E-state index is -0.127. The smallest absolute Gasteiger partial charge is 0.244 e. The van der Waals surface area contributed by atoms with E-state index in [-0.39, 0.29) is 5.91 Å². The molecule has 0 fully saturated rings. The number of amides is 1. The summed E-state index contributed by atoms with van der Waals surface area (Å²) in [6, 6.07) is 11.7. The first-order valence-corrected chi connectivity index (χ1v) is 6.22. The van der Waals surface area contributed by atoms with E-state index < -0.39 is 0 Å². The highest BCUT2D eigenvalue weighted by molar-refractivity contribution is 5.91. The third kappa shape index (κ3) is 3.85. The zero-order chi connectivity index (χ0) is 13.7. The van der Waals surface area contributed by atoms with E-state index in [2.05, 4.69) is 5.32 Å². The molecule has 1 N–H and O–H groups in total. The van der Waals surface area contributed by atoms with Gasteiger partial charge < -0.3 is 9.73 Å². The van der Waals surface area contributed by atoms with Crippen LogP contribution in [0.25, 0.3) is 6.08 Å². The fourth-order valence-electron chi connectivity index (χ4n) is 1.75. The normalized spacial score (nSPS) is 10.8. The van der Waals surface area contributed by atoms with Crippen LogP contribution in [0.15, 0.2) is 46.9 Å². The summed E-state index contributed by atoms with van der Waals surface area (Å²) in [6.45, 7) is 4.44. The van der Waals surface area contributed by atoms with Gasteiger partial charge in [-0.05, 0) is 43.2 Å². The number of hydrogen-bond donors (Lipinski definition) is 1. The maximum atomic E-state index is 11.7. The van der Waals surface area contributed by atoms with Gasteiger partial charge in [0.1, 0.15) is 11.5 Å². The van der Waals surface area contributed by atoms with Crippen molar-refractivity contribution in [3.05, 3.63) is 65.1 Å². The number of rotatable bonds is 4. The first-order valence-electron chi connectivity index (χ1n) is 6.22. The molecule has 1 heterocycles. The lowest BCUT2D eigenvalue weighted by Gasteiger charge is -2.05. The summed E-state index contributed by atoms with van der Waals surface area (Å²) in [6.07, 6.45) is 3.15. The first kappa shape index (κ1) is 13.1. The van der Waals surface area contributed by atoms with Crippen LogP contribution in [0.4, 0.5) is 0 Å². The molecule has 2 aromatic rings. The Morgan fingerprint density at radius 1 is 1.21 bits per heavy atom. The standard InChI is InChI=1S/C16H17NO2/c1-12-5-3-4-6-14(12)11-17-16(18)10-9-15-8-7-13(2)19-15/h3-10H,11H2,1-2H3,(H,17,18)/b10-9+. The van der Waals surface area contributed by atoms with Crippen molar-refractivity contribution in [1.82, 2.24) is 5.32 Å². The summed E-state index contributed by atoms with van der Waals surface area (Å²) in [5.41, 5.74) is 2.30. The lowest BCUT2D eigenvalue weighted by Crippen LogP contribution is -2.20. The summed E-state index contributed by atoms with van der Waals surface area (Å²) < 4.78 is 5.35. The SMILES string of the molecule is Cc1ccc(/C=C/C(=O)NCc2ccccc2C)o1. The van der Waals surface area contributed by atoms with Crippen molar-refractivity contribution in [2.24, 2.45) is 0 Å². The van der Waals surface area contributed by atoms with Crippen LogP contribution in [0, 0.1) is 13.8 Å². The summed E-state index contributed by atoms with van der Waals surface area (Å²) in [5, 5.41) is 2.85. The minimum absolute atomic E-state index is 0.127. The number of carbonyl (C=O) groups is 1. The Bertz CT molecular complexity index is 596. The largest absolute Gasteiger partial charge is 0.462 e. The molecule has 0 radical (unpaired) electrons. The highest BCUT2D eigenvalue weighted by atomic mass is 16.3. The molecule has 0 saturated carbocycles. The van der Waals surface area contributed by atoms with Crippen LogP contribution in [-0.4, -0.2) is 5.91 Å². The molecule has 1 amide bonds. The summed E-state index contributed by atoms with van der Waals surface area (Å²) in [7, 11) is 0. The van der Waals surface area contributed by atoms with E-state index in [9.17, 15) is 4.79 Å². The number of aryl methyl sites for hydroxylation is 2. The van der Waals surface area contributed by atoms with Crippen LogP contribution in [0.2, 0.25) is 0 Å². The van der Waals surface area contributed by atoms with E-state index in [4.69, 9.17) is 4.42 Å². The quantitative estimate of drug-likeness (QED) is 0.852. The lowest BCUT2D eigenvalue weighted by molar-refractivity contribution is -0.116. The summed E-state index contributed by atoms with van der Waals surface area (Å²) in [4.78, 5) is 11.7. The predicted octanol–water partition coefficient (Wildman–Crippen LogP) is 3.23. The van der Waals surface area contributed by atoms with Crippen molar-refractivity contribution in [3.63, 3.8) is 0 Å². The Morgan fingerprint density at radius 3 is 2.68 bits per heavy atom. The van der Waals surface area contributed by atoms with Gasteiger partial charge in [0.05, 0.1) is 0 Å². The molecule has 0 aliphatic heterocycles. The Morgan fingerprint density at radius 2 is 2.00 bits per heavy atom. The first-order chi connectivity index (χ1) is 9.15. The molecule has 0 bridgehead atoms. The zero-order valence-corrected chi connectivity index (χ0v) is 11.1. The van der Waals surface area contributed by atoms with Crippen molar-refractivity contribution in [2.75, 3.05) is 0 Å². The Kier molecular flexibility index (Phi) is 4.18. The predicted molar refractivity (Wildman–Crippen MR) is 75.5 cm³/mol. The molecule has 0 unspecified atom stereocenters. The van der Waals surface area contributed by atoms with E-state index >= 15 is 0 Å². The molecule has 0 spiro atoms.